The van der Waals surface area contributed by atoms with Crippen molar-refractivity contribution >= 4 is 6.09 Å². The average molecular weight is 414 g/mol. The van der Waals surface area contributed by atoms with Crippen LogP contribution in [0.1, 0.15) is 41.0 Å². The number of benzene rings is 3. The van der Waals surface area contributed by atoms with Crippen LogP contribution in [0, 0.1) is 6.92 Å². The number of nitrogens with zero attached hydrogens (tertiary/aromatic N) is 1. The second-order valence-electron chi connectivity index (χ2n) is 8.69. The van der Waals surface area contributed by atoms with Crippen molar-refractivity contribution in [1.29, 1.82) is 0 Å². The van der Waals surface area contributed by atoms with E-state index in [1.54, 1.807) is 4.90 Å². The predicted molar refractivity (Wildman–Crippen MR) is 121 cm³/mol. The Morgan fingerprint density at radius 3 is 2.06 bits per heavy atom. The number of carbonyl (C=O) groups excluding carboxylic acids is 1. The zero-order valence-electron chi connectivity index (χ0n) is 17.8. The summed E-state index contributed by atoms with van der Waals surface area (Å²) in [6.07, 6.45) is 0.730. The molecule has 1 saturated heterocycles. The lowest BCUT2D eigenvalue weighted by molar-refractivity contribution is -0.0250. The van der Waals surface area contributed by atoms with Gasteiger partial charge < -0.3 is 14.7 Å². The highest BCUT2D eigenvalue weighted by molar-refractivity contribution is 5.79. The molecule has 158 valence electrons. The second-order valence-corrected chi connectivity index (χ2v) is 8.69. The van der Waals surface area contributed by atoms with Gasteiger partial charge in [0, 0.05) is 19.0 Å². The first kappa shape index (κ1) is 19.8. The molecule has 0 aromatic heterocycles. The molecule has 0 atom stereocenters. The topological polar surface area (TPSA) is 49.8 Å². The number of hydrogen-bond donors (Lipinski definition) is 1. The molecular formula is C27H27NO3. The number of rotatable bonds is 3. The van der Waals surface area contributed by atoms with E-state index in [-0.39, 0.29) is 12.0 Å². The maximum atomic E-state index is 12.8. The minimum absolute atomic E-state index is 0.0608. The lowest BCUT2D eigenvalue weighted by atomic mass is 9.84. The molecule has 5 rings (SSSR count). The van der Waals surface area contributed by atoms with Crippen LogP contribution in [0.25, 0.3) is 11.1 Å². The van der Waals surface area contributed by atoms with Crippen molar-refractivity contribution in [3.63, 3.8) is 0 Å². The van der Waals surface area contributed by atoms with Gasteiger partial charge >= 0.3 is 6.09 Å². The summed E-state index contributed by atoms with van der Waals surface area (Å²) < 4.78 is 5.77. The number of piperidine rings is 1. The second kappa shape index (κ2) is 7.86. The fraction of sp³-hybridized carbons (Fsp3) is 0.296. The Morgan fingerprint density at radius 2 is 1.48 bits per heavy atom. The van der Waals surface area contributed by atoms with Gasteiger partial charge in [-0.15, -0.1) is 0 Å². The van der Waals surface area contributed by atoms with E-state index in [0.29, 0.717) is 32.5 Å². The molecule has 3 aromatic rings. The number of aryl methyl sites for hydroxylation is 1. The summed E-state index contributed by atoms with van der Waals surface area (Å²) in [5.41, 5.74) is 6.08. The first-order chi connectivity index (χ1) is 15.0. The first-order valence-corrected chi connectivity index (χ1v) is 10.9. The van der Waals surface area contributed by atoms with Crippen molar-refractivity contribution in [3.05, 3.63) is 95.1 Å². The van der Waals surface area contributed by atoms with Crippen LogP contribution in [0.15, 0.2) is 72.8 Å². The molecule has 31 heavy (non-hydrogen) atoms. The number of ether oxygens (including phenoxy) is 1. The van der Waals surface area contributed by atoms with E-state index < -0.39 is 5.60 Å². The standard InChI is InChI=1S/C27H27NO3/c1-19-10-12-20(13-11-19)27(30)14-16-28(17-15-27)26(29)31-18-25-23-8-4-2-6-21(23)22-7-3-5-9-24(22)25/h2-13,25,30H,14-18H2,1H3. The van der Waals surface area contributed by atoms with Crippen LogP contribution < -0.4 is 0 Å². The number of aliphatic hydroxyl groups is 1. The number of carbonyl (C=O) groups is 1. The van der Waals surface area contributed by atoms with E-state index >= 15 is 0 Å². The minimum Gasteiger partial charge on any atom is -0.448 e. The highest BCUT2D eigenvalue weighted by Gasteiger charge is 2.36. The van der Waals surface area contributed by atoms with Crippen molar-refractivity contribution < 1.29 is 14.6 Å². The van der Waals surface area contributed by atoms with Gasteiger partial charge in [0.1, 0.15) is 6.61 Å². The molecule has 1 N–H and O–H groups in total. The van der Waals surface area contributed by atoms with Gasteiger partial charge in [0.05, 0.1) is 5.60 Å². The van der Waals surface area contributed by atoms with Crippen LogP contribution in [-0.2, 0) is 10.3 Å². The molecule has 0 bridgehead atoms. The van der Waals surface area contributed by atoms with Crippen LogP contribution in [0.4, 0.5) is 4.79 Å². The quantitative estimate of drug-likeness (QED) is 0.640. The summed E-state index contributed by atoms with van der Waals surface area (Å²) in [5, 5.41) is 11.1. The molecule has 4 nitrogen and oxygen atoms in total. The Balaban J connectivity index is 1.24. The third-order valence-corrected chi connectivity index (χ3v) is 6.77. The molecule has 1 fully saturated rings. The van der Waals surface area contributed by atoms with Gasteiger partial charge in [0.2, 0.25) is 0 Å². The van der Waals surface area contributed by atoms with Crippen LogP contribution in [-0.4, -0.2) is 35.8 Å². The van der Waals surface area contributed by atoms with E-state index in [1.165, 1.54) is 27.8 Å². The highest BCUT2D eigenvalue weighted by Crippen LogP contribution is 2.44. The van der Waals surface area contributed by atoms with E-state index in [0.717, 1.165) is 5.56 Å². The maximum absolute atomic E-state index is 12.8. The third-order valence-electron chi connectivity index (χ3n) is 6.77. The van der Waals surface area contributed by atoms with Crippen LogP contribution >= 0.6 is 0 Å². The van der Waals surface area contributed by atoms with Crippen LogP contribution in [0.5, 0.6) is 0 Å². The van der Waals surface area contributed by atoms with Gasteiger partial charge in [-0.1, -0.05) is 78.4 Å². The highest BCUT2D eigenvalue weighted by atomic mass is 16.6. The fourth-order valence-corrected chi connectivity index (χ4v) is 4.90. The maximum Gasteiger partial charge on any atom is 0.409 e. The van der Waals surface area contributed by atoms with Crippen molar-refractivity contribution in [2.24, 2.45) is 0 Å². The molecule has 3 aromatic carbocycles. The fourth-order valence-electron chi connectivity index (χ4n) is 4.90. The van der Waals surface area contributed by atoms with Gasteiger partial charge in [-0.05, 0) is 47.6 Å². The number of hydrogen-bond acceptors (Lipinski definition) is 3. The summed E-state index contributed by atoms with van der Waals surface area (Å²) in [4.78, 5) is 14.5. The Hall–Kier alpha value is -3.11. The van der Waals surface area contributed by atoms with E-state index in [2.05, 4.69) is 24.3 Å². The van der Waals surface area contributed by atoms with Gasteiger partial charge in [-0.2, -0.15) is 0 Å². The normalized spacial score (nSPS) is 17.2. The Bertz CT molecular complexity index is 1050. The Kier molecular flexibility index (Phi) is 5.03. The van der Waals surface area contributed by atoms with Crippen molar-refractivity contribution in [2.75, 3.05) is 19.7 Å². The molecule has 0 radical (unpaired) electrons. The number of fused-ring (bicyclic) bond motifs is 3. The molecule has 1 heterocycles. The predicted octanol–water partition coefficient (Wildman–Crippen LogP) is 5.23. The molecule has 1 aliphatic heterocycles. The molecule has 0 unspecified atom stereocenters. The summed E-state index contributed by atoms with van der Waals surface area (Å²) >= 11 is 0. The van der Waals surface area contributed by atoms with Crippen molar-refractivity contribution in [1.82, 2.24) is 4.90 Å². The largest absolute Gasteiger partial charge is 0.448 e. The summed E-state index contributed by atoms with van der Waals surface area (Å²) in [6.45, 7) is 3.33. The number of amides is 1. The van der Waals surface area contributed by atoms with E-state index in [4.69, 9.17) is 4.74 Å². The van der Waals surface area contributed by atoms with Crippen molar-refractivity contribution in [2.45, 2.75) is 31.3 Å². The number of likely N-dealkylation sites (tertiary alicyclic amines) is 1. The SMILES string of the molecule is Cc1ccc(C2(O)CCN(C(=O)OCC3c4ccccc4-c4ccccc43)CC2)cc1. The smallest absolute Gasteiger partial charge is 0.409 e. The molecule has 0 spiro atoms. The summed E-state index contributed by atoms with van der Waals surface area (Å²) in [5.74, 6) is 0.0608. The summed E-state index contributed by atoms with van der Waals surface area (Å²) in [6, 6.07) is 24.7. The minimum atomic E-state index is -0.881. The van der Waals surface area contributed by atoms with Gasteiger partial charge in [0.15, 0.2) is 0 Å². The van der Waals surface area contributed by atoms with E-state index in [1.807, 2.05) is 55.5 Å². The Morgan fingerprint density at radius 1 is 0.935 bits per heavy atom. The average Bonchev–Trinajstić information content (AvgIpc) is 3.12. The van der Waals surface area contributed by atoms with Crippen molar-refractivity contribution in [3.8, 4) is 11.1 Å². The van der Waals surface area contributed by atoms with Crippen LogP contribution in [0.3, 0.4) is 0 Å². The molecule has 1 amide bonds. The molecule has 0 saturated carbocycles. The first-order valence-electron chi connectivity index (χ1n) is 10.9. The monoisotopic (exact) mass is 413 g/mol. The molecule has 2 aliphatic rings. The van der Waals surface area contributed by atoms with Gasteiger partial charge in [-0.3, -0.25) is 0 Å². The zero-order chi connectivity index (χ0) is 21.4. The lowest BCUT2D eigenvalue weighted by Crippen LogP contribution is -2.45. The van der Waals surface area contributed by atoms with E-state index in [9.17, 15) is 9.90 Å². The molecular weight excluding hydrogens is 386 g/mol. The van der Waals surface area contributed by atoms with Crippen LogP contribution in [0.2, 0.25) is 0 Å². The van der Waals surface area contributed by atoms with Gasteiger partial charge in [-0.25, -0.2) is 4.79 Å². The zero-order valence-corrected chi connectivity index (χ0v) is 17.8. The Labute approximate surface area is 183 Å². The summed E-state index contributed by atoms with van der Waals surface area (Å²) in [7, 11) is 0. The molecule has 4 heteroatoms. The third kappa shape index (κ3) is 3.61. The lowest BCUT2D eigenvalue weighted by Gasteiger charge is -2.38. The molecule has 1 aliphatic carbocycles. The van der Waals surface area contributed by atoms with Gasteiger partial charge in [0.25, 0.3) is 0 Å².